The van der Waals surface area contributed by atoms with E-state index in [1.54, 1.807) is 35.2 Å². The molecule has 0 saturated carbocycles. The molecule has 54 heavy (non-hydrogen) atoms. The maximum Gasteiger partial charge on any atom is 0.320 e. The first-order valence-electron chi connectivity index (χ1n) is 19.4. The Balaban J connectivity index is 1.11. The zero-order valence-corrected chi connectivity index (χ0v) is 32.1. The number of pyridine rings is 1. The van der Waals surface area contributed by atoms with Gasteiger partial charge in [-0.2, -0.15) is 5.10 Å². The summed E-state index contributed by atoms with van der Waals surface area (Å²) in [6.07, 6.45) is 12.3. The largest absolute Gasteiger partial charge is 0.484 e. The van der Waals surface area contributed by atoms with Crippen LogP contribution in [0, 0.1) is 22.1 Å². The number of ether oxygens (including phenoxy) is 2. The molecule has 6 N–H and O–H groups in total. The number of carbonyl (C=O) groups is 1. The quantitative estimate of drug-likeness (QED) is 0.106. The van der Waals surface area contributed by atoms with Crippen LogP contribution in [0.1, 0.15) is 89.5 Å². The minimum atomic E-state index is -0.382. The number of allylic oxidation sites excluding steroid dienone is 1. The lowest BCUT2D eigenvalue weighted by molar-refractivity contribution is 0.140. The third kappa shape index (κ3) is 9.77. The summed E-state index contributed by atoms with van der Waals surface area (Å²) in [6, 6.07) is 11.3. The number of benzene rings is 1. The maximum absolute atomic E-state index is 13.6. The van der Waals surface area contributed by atoms with Crippen molar-refractivity contribution in [2.75, 3.05) is 38.2 Å². The number of piperidine rings is 1. The minimum Gasteiger partial charge on any atom is -0.484 e. The Morgan fingerprint density at radius 2 is 1.76 bits per heavy atom. The lowest BCUT2D eigenvalue weighted by Gasteiger charge is -2.41. The van der Waals surface area contributed by atoms with Crippen LogP contribution in [0.2, 0.25) is 0 Å². The topological polar surface area (TPSA) is 172 Å². The van der Waals surface area contributed by atoms with Crippen molar-refractivity contribution in [3.05, 3.63) is 83.5 Å². The van der Waals surface area contributed by atoms with Crippen molar-refractivity contribution in [3.8, 4) is 5.75 Å². The molecule has 2 saturated heterocycles. The number of aromatic nitrogens is 3. The van der Waals surface area contributed by atoms with E-state index in [1.807, 2.05) is 49.0 Å². The van der Waals surface area contributed by atoms with Crippen LogP contribution in [0.5, 0.6) is 5.75 Å². The molecule has 3 aliphatic rings. The second-order valence-electron chi connectivity index (χ2n) is 15.0. The predicted molar refractivity (Wildman–Crippen MR) is 210 cm³/mol. The van der Waals surface area contributed by atoms with Gasteiger partial charge in [-0.3, -0.25) is 30.3 Å². The van der Waals surface area contributed by atoms with Crippen LogP contribution in [0.25, 0.3) is 0 Å². The summed E-state index contributed by atoms with van der Waals surface area (Å²) in [4.78, 5) is 18.1. The van der Waals surface area contributed by atoms with Gasteiger partial charge in [-0.1, -0.05) is 38.1 Å². The fraction of sp³-hybridized carbons (Fsp3) is 0.525. The van der Waals surface area contributed by atoms with E-state index >= 15 is 0 Å². The molecular formula is C40H57N11O3. The summed E-state index contributed by atoms with van der Waals surface area (Å²) in [6.45, 7) is 13.3. The molecule has 1 aromatic carbocycles. The van der Waals surface area contributed by atoms with Crippen molar-refractivity contribution in [2.24, 2.45) is 5.92 Å². The normalized spacial score (nSPS) is 22.2. The number of amides is 2. The highest BCUT2D eigenvalue weighted by molar-refractivity contribution is 5.95. The van der Waals surface area contributed by atoms with Gasteiger partial charge in [0, 0.05) is 50.2 Å². The van der Waals surface area contributed by atoms with Crippen molar-refractivity contribution in [3.63, 3.8) is 0 Å². The number of hydrogen-bond acceptors (Lipinski definition) is 9. The van der Waals surface area contributed by atoms with E-state index < -0.39 is 0 Å². The number of fused-ring (bicyclic) bond motifs is 1. The number of anilines is 1. The molecule has 14 nitrogen and oxygen atoms in total. The SMILES string of the molecule is CC(C)C(=N)/C=C(/NC(=O)NC1CC[C@@H](Oc2ccc(=N)n(C(=N)N3C(C)CCCC3C)c2)c2ccccc21)Nc1cnn(CCN2CCCOCC2)c1. The van der Waals surface area contributed by atoms with Crippen LogP contribution >= 0.6 is 0 Å². The summed E-state index contributed by atoms with van der Waals surface area (Å²) in [7, 11) is 0. The Hall–Kier alpha value is -4.95. The Bertz CT molecular complexity index is 1850. The Kier molecular flexibility index (Phi) is 12.9. The van der Waals surface area contributed by atoms with Gasteiger partial charge in [-0.25, -0.2) is 4.79 Å². The van der Waals surface area contributed by atoms with Crippen molar-refractivity contribution >= 4 is 23.4 Å². The predicted octanol–water partition coefficient (Wildman–Crippen LogP) is 5.82. The number of hydrogen-bond donors (Lipinski definition) is 6. The van der Waals surface area contributed by atoms with Gasteiger partial charge in [0.05, 0.1) is 37.3 Å². The average molecular weight is 740 g/mol. The van der Waals surface area contributed by atoms with Gasteiger partial charge in [-0.15, -0.1) is 0 Å². The van der Waals surface area contributed by atoms with Crippen molar-refractivity contribution in [1.82, 2.24) is 34.8 Å². The molecule has 2 aliphatic heterocycles. The standard InChI is InChI=1S/C40H57N11O3/c1-27(2)34(41)23-38(45-30-24-44-49(25-30)19-18-48-17-8-21-53-22-20-48)47-40(52)46-35-14-15-36(33-12-6-5-11-32(33)35)54-31-13-16-37(42)50(26-31)39(43)51-28(3)9-7-10-29(51)4/h5-6,11-13,16,23-29,35-36,41-43,45H,7-10,14-15,17-22H2,1-4H3,(H2,46,47,52)/b38-23+,41-34?,42-37?,43-39?/t28?,29?,35?,36-/m1/s1. The molecular weight excluding hydrogens is 683 g/mol. The van der Waals surface area contributed by atoms with Gasteiger partial charge in [-0.05, 0) is 87.6 Å². The van der Waals surface area contributed by atoms with Crippen LogP contribution in [0.15, 0.2) is 66.9 Å². The van der Waals surface area contributed by atoms with Crippen molar-refractivity contribution in [1.29, 1.82) is 16.2 Å². The molecule has 6 rings (SSSR count). The number of rotatable bonds is 11. The molecule has 0 bridgehead atoms. The molecule has 2 amide bonds. The van der Waals surface area contributed by atoms with E-state index in [4.69, 9.17) is 25.7 Å². The number of carbonyl (C=O) groups excluding carboxylic acids is 1. The molecule has 2 fully saturated rings. The molecule has 290 valence electrons. The van der Waals surface area contributed by atoms with Crippen LogP contribution < -0.4 is 26.2 Å². The van der Waals surface area contributed by atoms with E-state index in [2.05, 4.69) is 44.7 Å². The third-order valence-electron chi connectivity index (χ3n) is 10.6. The molecule has 4 heterocycles. The van der Waals surface area contributed by atoms with E-state index in [9.17, 15) is 4.79 Å². The van der Waals surface area contributed by atoms with Crippen LogP contribution in [0.3, 0.4) is 0 Å². The van der Waals surface area contributed by atoms with Crippen LogP contribution in [0.4, 0.5) is 10.5 Å². The van der Waals surface area contributed by atoms with E-state index in [0.717, 1.165) is 81.9 Å². The van der Waals surface area contributed by atoms with Gasteiger partial charge < -0.3 is 30.4 Å². The molecule has 4 atom stereocenters. The average Bonchev–Trinajstić information content (AvgIpc) is 3.42. The summed E-state index contributed by atoms with van der Waals surface area (Å²) in [5, 5.41) is 40.0. The number of likely N-dealkylation sites (tertiary alicyclic amines) is 1. The smallest absolute Gasteiger partial charge is 0.320 e. The Labute approximate surface area is 318 Å². The number of urea groups is 1. The summed E-state index contributed by atoms with van der Waals surface area (Å²) < 4.78 is 15.6. The summed E-state index contributed by atoms with van der Waals surface area (Å²) in [5.41, 5.74) is 3.29. The monoisotopic (exact) mass is 739 g/mol. The highest BCUT2D eigenvalue weighted by Gasteiger charge is 2.31. The maximum atomic E-state index is 13.6. The molecule has 3 unspecified atom stereocenters. The van der Waals surface area contributed by atoms with Gasteiger partial charge in [0.15, 0.2) is 0 Å². The fourth-order valence-electron chi connectivity index (χ4n) is 7.59. The van der Waals surface area contributed by atoms with Crippen molar-refractivity contribution < 1.29 is 14.3 Å². The molecule has 0 spiro atoms. The fourth-order valence-corrected chi connectivity index (χ4v) is 7.59. The zero-order chi connectivity index (χ0) is 38.2. The van der Waals surface area contributed by atoms with Gasteiger partial charge in [0.1, 0.15) is 23.2 Å². The molecule has 3 aromatic rings. The van der Waals surface area contributed by atoms with Crippen molar-refractivity contribution in [2.45, 2.75) is 97.0 Å². The highest BCUT2D eigenvalue weighted by Crippen LogP contribution is 2.38. The molecule has 14 heteroatoms. The van der Waals surface area contributed by atoms with Gasteiger partial charge >= 0.3 is 6.03 Å². The highest BCUT2D eigenvalue weighted by atomic mass is 16.5. The summed E-state index contributed by atoms with van der Waals surface area (Å²) in [5.74, 6) is 1.25. The summed E-state index contributed by atoms with van der Waals surface area (Å²) >= 11 is 0. The lowest BCUT2D eigenvalue weighted by Crippen LogP contribution is -2.51. The first-order valence-corrected chi connectivity index (χ1v) is 19.4. The second-order valence-corrected chi connectivity index (χ2v) is 15.0. The molecule has 2 aromatic heterocycles. The Morgan fingerprint density at radius 3 is 2.54 bits per heavy atom. The van der Waals surface area contributed by atoms with E-state index in [-0.39, 0.29) is 41.7 Å². The van der Waals surface area contributed by atoms with E-state index in [1.165, 1.54) is 0 Å². The number of nitrogens with one attached hydrogen (secondary N) is 6. The molecule has 1 aliphatic carbocycles. The van der Waals surface area contributed by atoms with E-state index in [0.29, 0.717) is 36.1 Å². The minimum absolute atomic E-state index is 0.0246. The lowest BCUT2D eigenvalue weighted by atomic mass is 9.85. The first kappa shape index (κ1) is 38.8. The number of nitrogens with zero attached hydrogens (tertiary/aromatic N) is 5. The van der Waals surface area contributed by atoms with Gasteiger partial charge in [0.25, 0.3) is 0 Å². The zero-order valence-electron chi connectivity index (χ0n) is 32.1. The van der Waals surface area contributed by atoms with Gasteiger partial charge in [0.2, 0.25) is 5.96 Å². The van der Waals surface area contributed by atoms with Crippen LogP contribution in [-0.2, 0) is 11.3 Å². The second kappa shape index (κ2) is 17.9. The molecule has 0 radical (unpaired) electrons. The van der Waals surface area contributed by atoms with Crippen LogP contribution in [-0.4, -0.2) is 86.8 Å². The first-order chi connectivity index (χ1) is 26.0. The Morgan fingerprint density at radius 1 is 0.981 bits per heavy atom. The third-order valence-corrected chi connectivity index (χ3v) is 10.6.